The van der Waals surface area contributed by atoms with Crippen LogP contribution in [0, 0.1) is 17.8 Å². The van der Waals surface area contributed by atoms with Crippen molar-refractivity contribution in [1.29, 1.82) is 0 Å². The van der Waals surface area contributed by atoms with E-state index in [-0.39, 0.29) is 56.3 Å². The molecule has 1 saturated carbocycles. The molecular weight excluding hydrogens is 777 g/mol. The molecule has 1 amide bonds. The van der Waals surface area contributed by atoms with Crippen molar-refractivity contribution in [3.05, 3.63) is 108 Å². The maximum Gasteiger partial charge on any atom is 0.239 e. The molecule has 7 rings (SSSR count). The van der Waals surface area contributed by atoms with Gasteiger partial charge in [-0.2, -0.15) is 0 Å². The first-order chi connectivity index (χ1) is 29.8. The molecule has 2 N–H and O–H groups in total. The van der Waals surface area contributed by atoms with Gasteiger partial charge < -0.3 is 43.6 Å². The number of unbranched alkanes of at least 4 members (excludes halogenated alkanes) is 2. The van der Waals surface area contributed by atoms with Crippen LogP contribution in [-0.2, 0) is 25.5 Å². The minimum atomic E-state index is -1.39. The molecule has 0 radical (unpaired) electrons. The van der Waals surface area contributed by atoms with Crippen molar-refractivity contribution in [2.75, 3.05) is 40.6 Å². The topological polar surface area (TPSA) is 146 Å². The minimum absolute atomic E-state index is 0.0439. The van der Waals surface area contributed by atoms with Gasteiger partial charge in [0.25, 0.3) is 0 Å². The normalized spacial score (nSPS) is 25.9. The summed E-state index contributed by atoms with van der Waals surface area (Å²) < 4.78 is 32.2. The van der Waals surface area contributed by atoms with Crippen molar-refractivity contribution >= 4 is 17.9 Å². The Morgan fingerprint density at radius 3 is 2.52 bits per heavy atom. The summed E-state index contributed by atoms with van der Waals surface area (Å²) in [6.07, 6.45) is 12.0. The van der Waals surface area contributed by atoms with Crippen LogP contribution in [0.4, 0.5) is 0 Å². The van der Waals surface area contributed by atoms with Crippen LogP contribution < -0.4 is 14.2 Å². The number of allylic oxidation sites excluding steroid dienone is 1. The number of hydrogen-bond acceptors (Lipinski definition) is 11. The molecule has 2 heterocycles. The zero-order chi connectivity index (χ0) is 42.8. The Balaban J connectivity index is 1.40. The lowest BCUT2D eigenvalue weighted by atomic mass is 9.55. The Hall–Kier alpha value is -5.01. The van der Waals surface area contributed by atoms with E-state index < -0.39 is 24.0 Å². The van der Waals surface area contributed by atoms with Crippen LogP contribution in [0.15, 0.2) is 96.2 Å². The van der Waals surface area contributed by atoms with E-state index >= 15 is 0 Å². The van der Waals surface area contributed by atoms with Crippen molar-refractivity contribution in [2.45, 2.75) is 94.7 Å². The molecule has 12 heteroatoms. The van der Waals surface area contributed by atoms with Gasteiger partial charge in [0.15, 0.2) is 0 Å². The summed E-state index contributed by atoms with van der Waals surface area (Å²) in [5.74, 6) is 0.293. The highest BCUT2D eigenvalue weighted by Gasteiger charge is 2.65. The number of amides is 1. The minimum Gasteiger partial charge on any atom is -0.497 e. The largest absolute Gasteiger partial charge is 0.497 e. The van der Waals surface area contributed by atoms with Gasteiger partial charge in [-0.15, -0.1) is 6.58 Å². The monoisotopic (exact) mass is 836 g/mol. The predicted molar refractivity (Wildman–Crippen MR) is 231 cm³/mol. The molecule has 1 saturated heterocycles. The highest BCUT2D eigenvalue weighted by molar-refractivity contribution is 6.03. The summed E-state index contributed by atoms with van der Waals surface area (Å²) in [7, 11) is 3.41. The van der Waals surface area contributed by atoms with Crippen molar-refractivity contribution in [2.24, 2.45) is 22.9 Å². The summed E-state index contributed by atoms with van der Waals surface area (Å²) in [6.45, 7) is 4.97. The third kappa shape index (κ3) is 9.88. The number of hydrogen-bond donors (Lipinski definition) is 2. The van der Waals surface area contributed by atoms with E-state index in [1.54, 1.807) is 43.3 Å². The van der Waals surface area contributed by atoms with Crippen LogP contribution in [-0.4, -0.2) is 91.7 Å². The average molecular weight is 837 g/mol. The van der Waals surface area contributed by atoms with Crippen LogP contribution in [0.1, 0.15) is 91.6 Å². The number of rotatable bonds is 20. The number of carbonyl (C=O) groups is 2. The first kappa shape index (κ1) is 44.1. The van der Waals surface area contributed by atoms with Crippen LogP contribution >= 0.6 is 0 Å². The van der Waals surface area contributed by atoms with Crippen LogP contribution in [0.3, 0.4) is 0 Å². The Kier molecular flexibility index (Phi) is 15.0. The van der Waals surface area contributed by atoms with E-state index in [4.69, 9.17) is 33.7 Å². The summed E-state index contributed by atoms with van der Waals surface area (Å²) >= 11 is 0. The lowest BCUT2D eigenvalue weighted by molar-refractivity contribution is -0.255. The first-order valence-electron chi connectivity index (χ1n) is 21.8. The predicted octanol–water partition coefficient (Wildman–Crippen LogP) is 8.16. The Bertz CT molecular complexity index is 2040. The zero-order valence-electron chi connectivity index (χ0n) is 35.4. The summed E-state index contributed by atoms with van der Waals surface area (Å²) in [4.78, 5) is 34.2. The number of likely N-dealkylation sites (N-methyl/N-ethyl adjacent to an activating group) is 1. The van der Waals surface area contributed by atoms with E-state index in [0.29, 0.717) is 53.7 Å². The van der Waals surface area contributed by atoms with E-state index in [0.717, 1.165) is 67.9 Å². The molecule has 1 unspecified atom stereocenters. The molecule has 4 aliphatic rings. The van der Waals surface area contributed by atoms with Gasteiger partial charge in [-0.25, -0.2) is 0 Å². The number of ether oxygens (including phenoxy) is 5. The molecule has 2 aliphatic heterocycles. The molecule has 61 heavy (non-hydrogen) atoms. The highest BCUT2D eigenvalue weighted by Crippen LogP contribution is 2.62. The zero-order valence-corrected chi connectivity index (χ0v) is 35.4. The number of nitrogens with zero attached hydrogens (tertiary/aromatic N) is 2. The van der Waals surface area contributed by atoms with E-state index in [9.17, 15) is 19.8 Å². The Labute approximate surface area is 359 Å². The molecule has 3 aromatic rings. The van der Waals surface area contributed by atoms with Crippen LogP contribution in [0.25, 0.3) is 0 Å². The molecule has 326 valence electrons. The third-order valence-corrected chi connectivity index (χ3v) is 12.6. The molecule has 2 fully saturated rings. The fraction of sp³-hybridized carbons (Fsp3) is 0.490. The second-order valence-electron chi connectivity index (χ2n) is 16.5. The lowest BCUT2D eigenvalue weighted by Crippen LogP contribution is -2.69. The molecule has 12 nitrogen and oxygen atoms in total. The maximum atomic E-state index is 14.6. The summed E-state index contributed by atoms with van der Waals surface area (Å²) in [5.41, 5.74) is 3.90. The van der Waals surface area contributed by atoms with Crippen LogP contribution in [0.5, 0.6) is 23.0 Å². The van der Waals surface area contributed by atoms with Gasteiger partial charge in [0.1, 0.15) is 35.3 Å². The molecule has 0 spiro atoms. The number of benzene rings is 3. The standard InChI is InChI=1S/C49H60N2O10/c1-4-24-58-49-44(51(2)45(55)28-33-13-11-16-36(26-33)56-3)31-42(50-61-46-19-7-10-25-57-46)40-29-35(15-5-8-22-52)39(18-6-9-23-53)47(48(40)49)41-30-38(20-21-43(41)60-49)59-37-17-12-14-34(27-37)32-54/h4,11-14,16-17,20-21,26-27,29-30,32,35,39,44,46-48,52-53H,1,5-10,15,18-19,22-25,28,31H2,2-3H3/t35-,39+,44-,46?,47+,48+,49+/m0/s1. The van der Waals surface area contributed by atoms with Gasteiger partial charge in [0.2, 0.25) is 18.0 Å². The fourth-order valence-corrected chi connectivity index (χ4v) is 9.75. The molecular formula is C49H60N2O10. The van der Waals surface area contributed by atoms with Crippen molar-refractivity contribution in [1.82, 2.24) is 4.90 Å². The van der Waals surface area contributed by atoms with Crippen molar-refractivity contribution < 1.29 is 48.3 Å². The quantitative estimate of drug-likeness (QED) is 0.0495. The Morgan fingerprint density at radius 1 is 0.984 bits per heavy atom. The molecule has 0 aromatic heterocycles. The summed E-state index contributed by atoms with van der Waals surface area (Å²) in [6, 6.07) is 19.7. The maximum absolute atomic E-state index is 14.6. The average Bonchev–Trinajstić information content (AvgIpc) is 3.29. The Morgan fingerprint density at radius 2 is 1.77 bits per heavy atom. The van der Waals surface area contributed by atoms with Gasteiger partial charge in [0, 0.05) is 50.1 Å². The number of fused-ring (bicyclic) bond motifs is 2. The molecule has 2 aliphatic carbocycles. The van der Waals surface area contributed by atoms with E-state index in [1.165, 1.54) is 0 Å². The molecule has 7 atom stereocenters. The molecule has 0 bridgehead atoms. The van der Waals surface area contributed by atoms with Gasteiger partial charge in [0.05, 0.1) is 38.4 Å². The SMILES string of the molecule is C=CCO[C@@]12Oc3ccc(Oc4cccc(C=O)c4)cc3[C@H]3[C@H](CCCCO)[C@@H](CCCCO)C=C(C(=NOC4CCCCO4)C[C@@H]1N(C)C(=O)Cc1cccc(OC)c1)[C@H]32. The van der Waals surface area contributed by atoms with Gasteiger partial charge in [-0.3, -0.25) is 9.59 Å². The van der Waals surface area contributed by atoms with Crippen molar-refractivity contribution in [3.63, 3.8) is 0 Å². The van der Waals surface area contributed by atoms with Crippen molar-refractivity contribution in [3.8, 4) is 23.0 Å². The first-order valence-corrected chi connectivity index (χ1v) is 21.8. The number of oxime groups is 1. The second kappa shape index (κ2) is 20.7. The fourth-order valence-electron chi connectivity index (χ4n) is 9.75. The number of aldehydes is 1. The van der Waals surface area contributed by atoms with Gasteiger partial charge >= 0.3 is 0 Å². The van der Waals surface area contributed by atoms with E-state index in [1.807, 2.05) is 48.5 Å². The highest BCUT2D eigenvalue weighted by atomic mass is 16.8. The smallest absolute Gasteiger partial charge is 0.239 e. The lowest BCUT2D eigenvalue weighted by Gasteiger charge is -2.59. The third-order valence-electron chi connectivity index (χ3n) is 12.6. The molecule has 3 aromatic carbocycles. The van der Waals surface area contributed by atoms with Crippen LogP contribution in [0.2, 0.25) is 0 Å². The van der Waals surface area contributed by atoms with Gasteiger partial charge in [-0.05, 0) is 104 Å². The summed E-state index contributed by atoms with van der Waals surface area (Å²) in [5, 5.41) is 24.8. The second-order valence-corrected chi connectivity index (χ2v) is 16.5. The van der Waals surface area contributed by atoms with Gasteiger partial charge in [-0.1, -0.05) is 54.4 Å². The van der Waals surface area contributed by atoms with E-state index in [2.05, 4.69) is 12.7 Å². The number of methoxy groups -OCH3 is 1. The number of aliphatic hydroxyl groups is 2. The number of aliphatic hydroxyl groups excluding tert-OH is 2. The number of carbonyl (C=O) groups excluding carboxylic acids is 2.